The van der Waals surface area contributed by atoms with E-state index in [9.17, 15) is 19.3 Å². The molecule has 1 atom stereocenters. The Morgan fingerprint density at radius 2 is 2.30 bits per heavy atom. The van der Waals surface area contributed by atoms with E-state index < -0.39 is 22.8 Å². The van der Waals surface area contributed by atoms with E-state index in [2.05, 4.69) is 15.9 Å². The summed E-state index contributed by atoms with van der Waals surface area (Å²) < 4.78 is 18.6. The third-order valence-corrected chi connectivity index (χ3v) is 3.50. The normalized spacial score (nSPS) is 18.9. The number of nitro benzene ring substituents is 1. The predicted octanol–water partition coefficient (Wildman–Crippen LogP) is 1.79. The van der Waals surface area contributed by atoms with E-state index in [0.29, 0.717) is 0 Å². The average Bonchev–Trinajstić information content (AvgIpc) is 2.41. The molecule has 0 spiro atoms. The highest BCUT2D eigenvalue weighted by Gasteiger charge is 2.30. The van der Waals surface area contributed by atoms with Crippen LogP contribution in [0.4, 0.5) is 15.8 Å². The highest BCUT2D eigenvalue weighted by molar-refractivity contribution is 9.10. The van der Waals surface area contributed by atoms with Crippen LogP contribution in [0.25, 0.3) is 0 Å². The molecule has 1 fully saturated rings. The molecule has 1 heterocycles. The number of anilines is 1. The molecule has 0 saturated carbocycles. The van der Waals surface area contributed by atoms with E-state index in [1.165, 1.54) is 4.90 Å². The molecular formula is C11H10BrFN2O5. The first-order chi connectivity index (χ1) is 9.40. The number of ether oxygens (including phenoxy) is 1. The molecule has 0 aliphatic carbocycles. The van der Waals surface area contributed by atoms with Crippen molar-refractivity contribution in [1.29, 1.82) is 0 Å². The van der Waals surface area contributed by atoms with Crippen molar-refractivity contribution in [2.75, 3.05) is 24.6 Å². The lowest BCUT2D eigenvalue weighted by Gasteiger charge is -2.32. The van der Waals surface area contributed by atoms with E-state index in [-0.39, 0.29) is 35.5 Å². The van der Waals surface area contributed by atoms with Crippen LogP contribution in [-0.4, -0.2) is 41.8 Å². The molecule has 9 heteroatoms. The Morgan fingerprint density at radius 3 is 2.90 bits per heavy atom. The number of carbonyl (C=O) groups is 1. The van der Waals surface area contributed by atoms with Gasteiger partial charge in [-0.05, 0) is 15.9 Å². The summed E-state index contributed by atoms with van der Waals surface area (Å²) in [6, 6.07) is 2.09. The quantitative estimate of drug-likeness (QED) is 0.661. The van der Waals surface area contributed by atoms with Crippen molar-refractivity contribution in [3.05, 3.63) is 32.5 Å². The number of nitro groups is 1. The molecule has 1 N–H and O–H groups in total. The summed E-state index contributed by atoms with van der Waals surface area (Å²) in [6.45, 7) is 0.286. The van der Waals surface area contributed by atoms with E-state index in [0.717, 1.165) is 12.1 Å². The fraction of sp³-hybridized carbons (Fsp3) is 0.364. The summed E-state index contributed by atoms with van der Waals surface area (Å²) >= 11 is 2.89. The van der Waals surface area contributed by atoms with Crippen molar-refractivity contribution in [2.45, 2.75) is 6.10 Å². The van der Waals surface area contributed by atoms with Crippen LogP contribution in [0.2, 0.25) is 0 Å². The number of halogens is 2. The second-order valence-corrected chi connectivity index (χ2v) is 5.01. The zero-order valence-electron chi connectivity index (χ0n) is 10.1. The van der Waals surface area contributed by atoms with Crippen molar-refractivity contribution in [3.8, 4) is 0 Å². The average molecular weight is 349 g/mol. The van der Waals surface area contributed by atoms with Gasteiger partial charge in [0.15, 0.2) is 6.10 Å². The molecule has 20 heavy (non-hydrogen) atoms. The zero-order valence-corrected chi connectivity index (χ0v) is 11.7. The topological polar surface area (TPSA) is 92.9 Å². The molecule has 0 radical (unpaired) electrons. The van der Waals surface area contributed by atoms with Crippen LogP contribution in [0.1, 0.15) is 0 Å². The molecular weight excluding hydrogens is 339 g/mol. The first kappa shape index (κ1) is 14.7. The molecule has 1 saturated heterocycles. The largest absolute Gasteiger partial charge is 0.479 e. The van der Waals surface area contributed by atoms with Gasteiger partial charge >= 0.3 is 5.97 Å². The summed E-state index contributed by atoms with van der Waals surface area (Å²) in [7, 11) is 0. The fourth-order valence-electron chi connectivity index (χ4n) is 1.94. The van der Waals surface area contributed by atoms with Gasteiger partial charge in [-0.3, -0.25) is 10.1 Å². The van der Waals surface area contributed by atoms with Gasteiger partial charge in [0.25, 0.3) is 5.69 Å². The first-order valence-electron chi connectivity index (χ1n) is 5.63. The molecule has 108 valence electrons. The van der Waals surface area contributed by atoms with Crippen LogP contribution in [-0.2, 0) is 9.53 Å². The number of morpholine rings is 1. The summed E-state index contributed by atoms with van der Waals surface area (Å²) in [5.74, 6) is -1.81. The molecule has 1 aromatic carbocycles. The lowest BCUT2D eigenvalue weighted by Crippen LogP contribution is -2.46. The maximum absolute atomic E-state index is 13.6. The van der Waals surface area contributed by atoms with Gasteiger partial charge in [0.05, 0.1) is 22.5 Å². The SMILES string of the molecule is O=C(O)C1CN(c2cc(F)c(Br)cc2[N+](=O)[O-])CCO1. The number of hydrogen-bond acceptors (Lipinski definition) is 5. The van der Waals surface area contributed by atoms with Gasteiger partial charge in [-0.15, -0.1) is 0 Å². The van der Waals surface area contributed by atoms with Gasteiger partial charge in [0.1, 0.15) is 11.5 Å². The molecule has 1 aromatic rings. The number of hydrogen-bond donors (Lipinski definition) is 1. The van der Waals surface area contributed by atoms with Crippen LogP contribution in [0.15, 0.2) is 16.6 Å². The summed E-state index contributed by atoms with van der Waals surface area (Å²) in [4.78, 5) is 22.7. The minimum atomic E-state index is -1.16. The number of carboxylic acids is 1. The second-order valence-electron chi connectivity index (χ2n) is 4.16. The minimum Gasteiger partial charge on any atom is -0.479 e. The highest BCUT2D eigenvalue weighted by Crippen LogP contribution is 2.34. The highest BCUT2D eigenvalue weighted by atomic mass is 79.9. The van der Waals surface area contributed by atoms with Crippen molar-refractivity contribution >= 4 is 33.3 Å². The van der Waals surface area contributed by atoms with Crippen LogP contribution < -0.4 is 4.90 Å². The van der Waals surface area contributed by atoms with Gasteiger partial charge in [-0.25, -0.2) is 9.18 Å². The Labute approximate surface area is 121 Å². The monoisotopic (exact) mass is 348 g/mol. The fourth-order valence-corrected chi connectivity index (χ4v) is 2.27. The Kier molecular flexibility index (Phi) is 4.19. The third kappa shape index (κ3) is 2.88. The lowest BCUT2D eigenvalue weighted by molar-refractivity contribution is -0.384. The number of carboxylic acid groups (broad SMARTS) is 1. The van der Waals surface area contributed by atoms with E-state index in [4.69, 9.17) is 9.84 Å². The van der Waals surface area contributed by atoms with Crippen LogP contribution in [0.3, 0.4) is 0 Å². The smallest absolute Gasteiger partial charge is 0.334 e. The van der Waals surface area contributed by atoms with Crippen molar-refractivity contribution in [3.63, 3.8) is 0 Å². The van der Waals surface area contributed by atoms with Gasteiger partial charge < -0.3 is 14.7 Å². The van der Waals surface area contributed by atoms with Crippen LogP contribution in [0, 0.1) is 15.9 Å². The van der Waals surface area contributed by atoms with Crippen molar-refractivity contribution in [1.82, 2.24) is 0 Å². The molecule has 0 bridgehead atoms. The maximum Gasteiger partial charge on any atom is 0.334 e. The number of nitrogens with zero attached hydrogens (tertiary/aromatic N) is 2. The van der Waals surface area contributed by atoms with Gasteiger partial charge in [0.2, 0.25) is 0 Å². The zero-order chi connectivity index (χ0) is 14.9. The summed E-state index contributed by atoms with van der Waals surface area (Å²) in [5.41, 5.74) is -0.241. The van der Waals surface area contributed by atoms with Crippen molar-refractivity contribution in [2.24, 2.45) is 0 Å². The Hall–Kier alpha value is -1.74. The van der Waals surface area contributed by atoms with E-state index in [1.54, 1.807) is 0 Å². The number of rotatable bonds is 3. The maximum atomic E-state index is 13.6. The van der Waals surface area contributed by atoms with Crippen LogP contribution >= 0.6 is 15.9 Å². The molecule has 1 aliphatic rings. The van der Waals surface area contributed by atoms with Gasteiger partial charge in [-0.1, -0.05) is 0 Å². The second kappa shape index (κ2) is 5.71. The molecule has 0 amide bonds. The van der Waals surface area contributed by atoms with E-state index >= 15 is 0 Å². The molecule has 1 unspecified atom stereocenters. The molecule has 0 aromatic heterocycles. The Balaban J connectivity index is 2.38. The molecule has 7 nitrogen and oxygen atoms in total. The van der Waals surface area contributed by atoms with Gasteiger partial charge in [-0.2, -0.15) is 0 Å². The standard InChI is InChI=1S/C11H10BrFN2O5/c12-6-3-9(15(18)19)8(4-7(6)13)14-1-2-20-10(5-14)11(16)17/h3-4,10H,1-2,5H2,(H,16,17). The molecule has 1 aliphatic heterocycles. The summed E-state index contributed by atoms with van der Waals surface area (Å²) in [6.07, 6.45) is -1.09. The Morgan fingerprint density at radius 1 is 1.60 bits per heavy atom. The van der Waals surface area contributed by atoms with Crippen LogP contribution in [0.5, 0.6) is 0 Å². The molecule has 2 rings (SSSR count). The van der Waals surface area contributed by atoms with Gasteiger partial charge in [0, 0.05) is 18.7 Å². The number of benzene rings is 1. The first-order valence-corrected chi connectivity index (χ1v) is 6.42. The van der Waals surface area contributed by atoms with E-state index in [1.807, 2.05) is 0 Å². The number of aliphatic carboxylic acids is 1. The third-order valence-electron chi connectivity index (χ3n) is 2.90. The minimum absolute atomic E-state index is 0.0176. The Bertz CT molecular complexity index is 568. The summed E-state index contributed by atoms with van der Waals surface area (Å²) in [5, 5.41) is 19.9. The van der Waals surface area contributed by atoms with Crippen molar-refractivity contribution < 1.29 is 24.0 Å². The lowest BCUT2D eigenvalue weighted by atomic mass is 10.2. The predicted molar refractivity (Wildman–Crippen MR) is 70.3 cm³/mol.